The Labute approximate surface area is 223 Å². The molecule has 1 atom stereocenters. The van der Waals surface area contributed by atoms with Crippen LogP contribution in [0, 0.1) is 0 Å². The zero-order chi connectivity index (χ0) is 28.2. The van der Waals surface area contributed by atoms with Gasteiger partial charge in [0.15, 0.2) is 0 Å². The molecule has 0 saturated carbocycles. The lowest BCUT2D eigenvalue weighted by atomic mass is 10.2. The van der Waals surface area contributed by atoms with Crippen LogP contribution in [0.3, 0.4) is 0 Å². The standard InChI is InChI=1S/C27H19ClF3NO7/c1-15(32-26(35)36-14-16-5-3-2-4-6-16)25(34)38-19-11-12-20-21(13-19)39-24(27(29,30)31)23(22(20)33)37-18-9-7-17(28)8-10-18/h2-13,15H,14H2,1H3,(H,32,35)/t15-/m0/s1. The minimum absolute atomic E-state index is 0.0244. The maximum absolute atomic E-state index is 13.8. The maximum atomic E-state index is 13.8. The predicted octanol–water partition coefficient (Wildman–Crippen LogP) is 6.48. The fourth-order valence-corrected chi connectivity index (χ4v) is 3.45. The summed E-state index contributed by atoms with van der Waals surface area (Å²) in [7, 11) is 0. The van der Waals surface area contributed by atoms with E-state index in [1.807, 2.05) is 0 Å². The molecular weight excluding hydrogens is 543 g/mol. The summed E-state index contributed by atoms with van der Waals surface area (Å²) in [6.07, 6.45) is -5.96. The van der Waals surface area contributed by atoms with Crippen LogP contribution in [0.5, 0.6) is 17.2 Å². The molecule has 0 saturated heterocycles. The van der Waals surface area contributed by atoms with Crippen LogP contribution < -0.4 is 20.2 Å². The number of carbonyl (C=O) groups excluding carboxylic acids is 2. The molecular formula is C27H19ClF3NO7. The molecule has 1 aromatic heterocycles. The van der Waals surface area contributed by atoms with Crippen LogP contribution in [0.2, 0.25) is 5.02 Å². The Hall–Kier alpha value is -4.51. The largest absolute Gasteiger partial charge is 0.453 e. The molecule has 0 aliphatic carbocycles. The van der Waals surface area contributed by atoms with Gasteiger partial charge < -0.3 is 23.9 Å². The summed E-state index contributed by atoms with van der Waals surface area (Å²) < 4.78 is 61.7. The highest BCUT2D eigenvalue weighted by atomic mass is 35.5. The van der Waals surface area contributed by atoms with Crippen molar-refractivity contribution in [2.45, 2.75) is 25.7 Å². The summed E-state index contributed by atoms with van der Waals surface area (Å²) in [5.74, 6) is -3.96. The summed E-state index contributed by atoms with van der Waals surface area (Å²) in [4.78, 5) is 37.3. The quantitative estimate of drug-likeness (QED) is 0.203. The van der Waals surface area contributed by atoms with Gasteiger partial charge in [-0.15, -0.1) is 0 Å². The SMILES string of the molecule is C[C@H](NC(=O)OCc1ccccc1)C(=O)Oc1ccc2c(=O)c(Oc3ccc(Cl)cc3)c(C(F)(F)F)oc2c1. The Morgan fingerprint density at radius 2 is 1.67 bits per heavy atom. The number of amides is 1. The maximum Gasteiger partial charge on any atom is 0.453 e. The van der Waals surface area contributed by atoms with E-state index in [1.165, 1.54) is 37.3 Å². The molecule has 0 spiro atoms. The summed E-state index contributed by atoms with van der Waals surface area (Å²) in [6, 6.07) is 16.3. The summed E-state index contributed by atoms with van der Waals surface area (Å²) in [5.41, 5.74) is -0.850. The molecule has 0 aliphatic heterocycles. The van der Waals surface area contributed by atoms with Crippen molar-refractivity contribution < 1.29 is 41.4 Å². The van der Waals surface area contributed by atoms with E-state index in [9.17, 15) is 27.6 Å². The number of nitrogens with one attached hydrogen (secondary N) is 1. The lowest BCUT2D eigenvalue weighted by Crippen LogP contribution is -2.41. The average molecular weight is 562 g/mol. The molecule has 1 N–H and O–H groups in total. The van der Waals surface area contributed by atoms with E-state index in [0.29, 0.717) is 5.02 Å². The van der Waals surface area contributed by atoms with E-state index in [-0.39, 0.29) is 23.5 Å². The average Bonchev–Trinajstić information content (AvgIpc) is 2.90. The molecule has 4 rings (SSSR count). The van der Waals surface area contributed by atoms with Crippen LogP contribution in [0.1, 0.15) is 18.2 Å². The molecule has 0 fully saturated rings. The number of hydrogen-bond acceptors (Lipinski definition) is 7. The Morgan fingerprint density at radius 3 is 2.33 bits per heavy atom. The van der Waals surface area contributed by atoms with Crippen molar-refractivity contribution in [2.24, 2.45) is 0 Å². The Balaban J connectivity index is 1.51. The molecule has 202 valence electrons. The Kier molecular flexibility index (Phi) is 8.10. The first-order valence-corrected chi connectivity index (χ1v) is 11.7. The van der Waals surface area contributed by atoms with E-state index in [2.05, 4.69) is 5.32 Å². The van der Waals surface area contributed by atoms with E-state index in [4.69, 9.17) is 30.2 Å². The van der Waals surface area contributed by atoms with Crippen LogP contribution in [0.15, 0.2) is 82.0 Å². The fraction of sp³-hybridized carbons (Fsp3) is 0.148. The van der Waals surface area contributed by atoms with Crippen molar-refractivity contribution in [3.8, 4) is 17.2 Å². The number of fused-ring (bicyclic) bond motifs is 1. The van der Waals surface area contributed by atoms with Gasteiger partial charge in [-0.25, -0.2) is 9.59 Å². The van der Waals surface area contributed by atoms with Crippen molar-refractivity contribution in [1.29, 1.82) is 0 Å². The number of hydrogen-bond donors (Lipinski definition) is 1. The molecule has 1 heterocycles. The van der Waals surface area contributed by atoms with Gasteiger partial charge in [-0.1, -0.05) is 41.9 Å². The van der Waals surface area contributed by atoms with Crippen LogP contribution in [0.25, 0.3) is 11.0 Å². The Bertz CT molecular complexity index is 1550. The second-order valence-electron chi connectivity index (χ2n) is 8.15. The molecule has 4 aromatic rings. The molecule has 1 amide bonds. The van der Waals surface area contributed by atoms with Gasteiger partial charge in [0.2, 0.25) is 11.2 Å². The summed E-state index contributed by atoms with van der Waals surface area (Å²) in [5, 5.41) is 2.37. The van der Waals surface area contributed by atoms with Crippen LogP contribution in [0.4, 0.5) is 18.0 Å². The first-order chi connectivity index (χ1) is 18.5. The van der Waals surface area contributed by atoms with E-state index >= 15 is 0 Å². The number of alkyl halides is 3. The number of esters is 1. The zero-order valence-corrected chi connectivity index (χ0v) is 20.8. The highest BCUT2D eigenvalue weighted by Crippen LogP contribution is 2.38. The lowest BCUT2D eigenvalue weighted by Gasteiger charge is -2.15. The van der Waals surface area contributed by atoms with Crippen molar-refractivity contribution in [3.63, 3.8) is 0 Å². The van der Waals surface area contributed by atoms with Gasteiger partial charge in [-0.2, -0.15) is 13.2 Å². The van der Waals surface area contributed by atoms with Gasteiger partial charge >= 0.3 is 18.2 Å². The minimum Gasteiger partial charge on any atom is -0.449 e. The normalized spacial score (nSPS) is 12.0. The van der Waals surface area contributed by atoms with Gasteiger partial charge in [0.05, 0.1) is 5.39 Å². The number of halogens is 4. The zero-order valence-electron chi connectivity index (χ0n) is 20.1. The second-order valence-corrected chi connectivity index (χ2v) is 8.59. The Morgan fingerprint density at radius 1 is 1.00 bits per heavy atom. The molecule has 0 radical (unpaired) electrons. The van der Waals surface area contributed by atoms with Gasteiger partial charge in [0.25, 0.3) is 5.76 Å². The van der Waals surface area contributed by atoms with Crippen molar-refractivity contribution in [3.05, 3.63) is 99.4 Å². The topological polar surface area (TPSA) is 104 Å². The van der Waals surface area contributed by atoms with Crippen molar-refractivity contribution >= 4 is 34.6 Å². The third kappa shape index (κ3) is 6.88. The number of carbonyl (C=O) groups is 2. The predicted molar refractivity (Wildman–Crippen MR) is 134 cm³/mol. The van der Waals surface area contributed by atoms with Crippen LogP contribution in [-0.4, -0.2) is 18.1 Å². The van der Waals surface area contributed by atoms with Gasteiger partial charge in [0.1, 0.15) is 29.7 Å². The minimum atomic E-state index is -5.08. The highest BCUT2D eigenvalue weighted by molar-refractivity contribution is 6.30. The molecule has 3 aromatic carbocycles. The number of rotatable bonds is 7. The number of ether oxygens (including phenoxy) is 3. The molecule has 0 aliphatic rings. The first kappa shape index (κ1) is 27.5. The molecule has 0 bridgehead atoms. The van der Waals surface area contributed by atoms with Crippen molar-refractivity contribution in [2.75, 3.05) is 0 Å². The van der Waals surface area contributed by atoms with E-state index < -0.39 is 46.8 Å². The van der Waals surface area contributed by atoms with Crippen LogP contribution >= 0.6 is 11.6 Å². The fourth-order valence-electron chi connectivity index (χ4n) is 3.32. The molecule has 12 heteroatoms. The van der Waals surface area contributed by atoms with Gasteiger partial charge in [0, 0.05) is 11.1 Å². The summed E-state index contributed by atoms with van der Waals surface area (Å²) >= 11 is 5.78. The first-order valence-electron chi connectivity index (χ1n) is 11.3. The third-order valence-corrected chi connectivity index (χ3v) is 5.48. The van der Waals surface area contributed by atoms with Crippen molar-refractivity contribution in [1.82, 2.24) is 5.32 Å². The van der Waals surface area contributed by atoms with Gasteiger partial charge in [-0.05, 0) is 48.9 Å². The van der Waals surface area contributed by atoms with Crippen LogP contribution in [-0.2, 0) is 22.3 Å². The monoisotopic (exact) mass is 561 g/mol. The van der Waals surface area contributed by atoms with Gasteiger partial charge in [-0.3, -0.25) is 4.79 Å². The third-order valence-electron chi connectivity index (χ3n) is 5.23. The lowest BCUT2D eigenvalue weighted by molar-refractivity contribution is -0.154. The second kappa shape index (κ2) is 11.5. The van der Waals surface area contributed by atoms with E-state index in [0.717, 1.165) is 17.7 Å². The molecule has 8 nitrogen and oxygen atoms in total. The number of benzene rings is 3. The highest BCUT2D eigenvalue weighted by Gasteiger charge is 2.40. The molecule has 39 heavy (non-hydrogen) atoms. The smallest absolute Gasteiger partial charge is 0.449 e. The summed E-state index contributed by atoms with van der Waals surface area (Å²) in [6.45, 7) is 1.30. The molecule has 0 unspecified atom stereocenters. The van der Waals surface area contributed by atoms with E-state index in [1.54, 1.807) is 30.3 Å². The number of alkyl carbamates (subject to hydrolysis) is 1.